The molecule has 0 aliphatic rings. The van der Waals surface area contributed by atoms with Crippen LogP contribution in [-0.4, -0.2) is 15.8 Å². The van der Waals surface area contributed by atoms with E-state index in [1.54, 1.807) is 19.1 Å². The minimum atomic E-state index is -0.505. The van der Waals surface area contributed by atoms with Crippen molar-refractivity contribution in [1.82, 2.24) is 4.98 Å². The van der Waals surface area contributed by atoms with Crippen molar-refractivity contribution in [2.24, 2.45) is 0 Å². The Hall–Kier alpha value is -2.76. The van der Waals surface area contributed by atoms with E-state index in [-0.39, 0.29) is 11.6 Å². The molecule has 0 saturated heterocycles. The van der Waals surface area contributed by atoms with Crippen molar-refractivity contribution in [2.45, 2.75) is 13.8 Å². The van der Waals surface area contributed by atoms with Crippen LogP contribution in [0.15, 0.2) is 36.5 Å². The molecule has 0 unspecified atom stereocenters. The van der Waals surface area contributed by atoms with E-state index in [0.717, 1.165) is 11.8 Å². The van der Waals surface area contributed by atoms with Gasteiger partial charge in [0.2, 0.25) is 0 Å². The minimum Gasteiger partial charge on any atom is -0.307 e. The third-order valence-corrected chi connectivity index (χ3v) is 2.91. The average Bonchev–Trinajstić information content (AvgIpc) is 2.38. The number of benzene rings is 1. The number of hydrogen-bond donors (Lipinski definition) is 1. The lowest BCUT2D eigenvalue weighted by molar-refractivity contribution is -0.385. The zero-order chi connectivity index (χ0) is 14.7. The van der Waals surface area contributed by atoms with Gasteiger partial charge in [0.05, 0.1) is 4.92 Å². The number of pyridine rings is 1. The van der Waals surface area contributed by atoms with Gasteiger partial charge >= 0.3 is 0 Å². The van der Waals surface area contributed by atoms with Gasteiger partial charge < -0.3 is 5.32 Å². The molecule has 102 valence electrons. The Morgan fingerprint density at radius 1 is 1.25 bits per heavy atom. The Morgan fingerprint density at radius 2 is 1.95 bits per heavy atom. The van der Waals surface area contributed by atoms with E-state index < -0.39 is 4.92 Å². The van der Waals surface area contributed by atoms with Crippen LogP contribution in [0.1, 0.15) is 21.5 Å². The van der Waals surface area contributed by atoms with E-state index in [1.807, 2.05) is 19.1 Å². The fourth-order valence-electron chi connectivity index (χ4n) is 1.82. The maximum absolute atomic E-state index is 12.1. The maximum atomic E-state index is 12.1. The summed E-state index contributed by atoms with van der Waals surface area (Å²) in [4.78, 5) is 26.2. The van der Waals surface area contributed by atoms with Gasteiger partial charge in [0.25, 0.3) is 11.6 Å². The molecule has 1 aromatic carbocycles. The molecule has 0 aliphatic carbocycles. The van der Waals surface area contributed by atoms with Gasteiger partial charge in [0.15, 0.2) is 0 Å². The second kappa shape index (κ2) is 5.48. The molecule has 0 aliphatic heterocycles. The highest BCUT2D eigenvalue weighted by Gasteiger charge is 2.14. The Bertz CT molecular complexity index is 683. The monoisotopic (exact) mass is 271 g/mol. The number of carbonyl (C=O) groups is 1. The highest BCUT2D eigenvalue weighted by Crippen LogP contribution is 2.19. The summed E-state index contributed by atoms with van der Waals surface area (Å²) >= 11 is 0. The predicted octanol–water partition coefficient (Wildman–Crippen LogP) is 2.86. The van der Waals surface area contributed by atoms with E-state index in [0.29, 0.717) is 16.9 Å². The molecule has 0 atom stereocenters. The van der Waals surface area contributed by atoms with Crippen molar-refractivity contribution < 1.29 is 9.72 Å². The third-order valence-electron chi connectivity index (χ3n) is 2.91. The van der Waals surface area contributed by atoms with Crippen LogP contribution in [-0.2, 0) is 0 Å². The van der Waals surface area contributed by atoms with Gasteiger partial charge in [0, 0.05) is 11.1 Å². The van der Waals surface area contributed by atoms with Crippen molar-refractivity contribution >= 4 is 17.4 Å². The van der Waals surface area contributed by atoms with Gasteiger partial charge in [0.1, 0.15) is 12.0 Å². The number of hydrogen-bond acceptors (Lipinski definition) is 4. The number of amides is 1. The summed E-state index contributed by atoms with van der Waals surface area (Å²) in [6.07, 6.45) is 1.14. The van der Waals surface area contributed by atoms with Crippen LogP contribution in [0.3, 0.4) is 0 Å². The van der Waals surface area contributed by atoms with E-state index >= 15 is 0 Å². The molecule has 0 spiro atoms. The fourth-order valence-corrected chi connectivity index (χ4v) is 1.82. The molecule has 0 fully saturated rings. The number of aryl methyl sites for hydroxylation is 2. The van der Waals surface area contributed by atoms with Crippen molar-refractivity contribution in [3.63, 3.8) is 0 Å². The van der Waals surface area contributed by atoms with E-state index in [2.05, 4.69) is 10.3 Å². The normalized spacial score (nSPS) is 10.1. The molecule has 2 aromatic rings. The molecule has 1 amide bonds. The number of nitro groups is 1. The number of aromatic nitrogens is 1. The highest BCUT2D eigenvalue weighted by atomic mass is 16.6. The molecule has 0 saturated carbocycles. The van der Waals surface area contributed by atoms with Gasteiger partial charge in [-0.2, -0.15) is 0 Å². The molecular formula is C14H13N3O3. The first-order valence-corrected chi connectivity index (χ1v) is 5.97. The van der Waals surface area contributed by atoms with Crippen molar-refractivity contribution in [2.75, 3.05) is 5.32 Å². The summed E-state index contributed by atoms with van der Waals surface area (Å²) in [5.41, 5.74) is 1.78. The molecular weight excluding hydrogens is 258 g/mol. The summed E-state index contributed by atoms with van der Waals surface area (Å²) in [6.45, 7) is 3.44. The summed E-state index contributed by atoms with van der Waals surface area (Å²) in [7, 11) is 0. The van der Waals surface area contributed by atoms with Crippen LogP contribution in [0, 0.1) is 24.0 Å². The van der Waals surface area contributed by atoms with Crippen molar-refractivity contribution in [3.05, 3.63) is 63.3 Å². The first-order valence-electron chi connectivity index (χ1n) is 5.97. The standard InChI is InChI=1S/C14H13N3O3/c1-9-5-3-4-6-11(9)14(18)16-13-7-10(2)12(8-15-13)17(19)20/h3-8H,1-2H3,(H,15,16,18). The van der Waals surface area contributed by atoms with E-state index in [4.69, 9.17) is 0 Å². The SMILES string of the molecule is Cc1ccccc1C(=O)Nc1cc(C)c([N+](=O)[O-])cn1. The number of nitrogens with one attached hydrogen (secondary N) is 1. The zero-order valence-corrected chi connectivity index (χ0v) is 11.1. The van der Waals surface area contributed by atoms with Gasteiger partial charge in [-0.15, -0.1) is 0 Å². The summed E-state index contributed by atoms with van der Waals surface area (Å²) in [5, 5.41) is 13.3. The Morgan fingerprint density at radius 3 is 2.55 bits per heavy atom. The van der Waals surface area contributed by atoms with E-state index in [1.165, 1.54) is 6.07 Å². The molecule has 6 nitrogen and oxygen atoms in total. The maximum Gasteiger partial charge on any atom is 0.290 e. The van der Waals surface area contributed by atoms with Gasteiger partial charge in [-0.3, -0.25) is 14.9 Å². The fraction of sp³-hybridized carbons (Fsp3) is 0.143. The van der Waals surface area contributed by atoms with Crippen LogP contribution in [0.25, 0.3) is 0 Å². The Labute approximate surface area is 115 Å². The molecule has 0 radical (unpaired) electrons. The summed E-state index contributed by atoms with van der Waals surface area (Å²) in [6, 6.07) is 8.65. The zero-order valence-electron chi connectivity index (χ0n) is 11.1. The number of carbonyl (C=O) groups excluding carboxylic acids is 1. The molecule has 1 aromatic heterocycles. The lowest BCUT2D eigenvalue weighted by atomic mass is 10.1. The predicted molar refractivity (Wildman–Crippen MR) is 74.8 cm³/mol. The van der Waals surface area contributed by atoms with E-state index in [9.17, 15) is 14.9 Å². The third kappa shape index (κ3) is 2.80. The lowest BCUT2D eigenvalue weighted by Gasteiger charge is -2.07. The summed E-state index contributed by atoms with van der Waals surface area (Å²) < 4.78 is 0. The molecule has 0 bridgehead atoms. The Kier molecular flexibility index (Phi) is 3.74. The highest BCUT2D eigenvalue weighted by molar-refractivity contribution is 6.04. The molecule has 20 heavy (non-hydrogen) atoms. The average molecular weight is 271 g/mol. The molecule has 6 heteroatoms. The minimum absolute atomic E-state index is 0.0705. The van der Waals surface area contributed by atoms with Crippen molar-refractivity contribution in [3.8, 4) is 0 Å². The second-order valence-electron chi connectivity index (χ2n) is 4.38. The van der Waals surface area contributed by atoms with Crippen LogP contribution < -0.4 is 5.32 Å². The quantitative estimate of drug-likeness (QED) is 0.687. The topological polar surface area (TPSA) is 85.1 Å². The molecule has 1 heterocycles. The smallest absolute Gasteiger partial charge is 0.290 e. The number of rotatable bonds is 3. The molecule has 2 rings (SSSR count). The van der Waals surface area contributed by atoms with Crippen LogP contribution in [0.2, 0.25) is 0 Å². The van der Waals surface area contributed by atoms with Crippen LogP contribution in [0.4, 0.5) is 11.5 Å². The molecule has 1 N–H and O–H groups in total. The largest absolute Gasteiger partial charge is 0.307 e. The first-order chi connectivity index (χ1) is 9.49. The number of nitrogens with zero attached hydrogens (tertiary/aromatic N) is 2. The van der Waals surface area contributed by atoms with Crippen molar-refractivity contribution in [1.29, 1.82) is 0 Å². The van der Waals surface area contributed by atoms with Gasteiger partial charge in [-0.1, -0.05) is 18.2 Å². The first kappa shape index (κ1) is 13.7. The second-order valence-corrected chi connectivity index (χ2v) is 4.38. The van der Waals surface area contributed by atoms with Gasteiger partial charge in [-0.25, -0.2) is 4.98 Å². The summed E-state index contributed by atoms with van der Waals surface area (Å²) in [5.74, 6) is 0.00482. The number of anilines is 1. The lowest BCUT2D eigenvalue weighted by Crippen LogP contribution is -2.14. The Balaban J connectivity index is 2.23. The van der Waals surface area contributed by atoms with Crippen LogP contribution >= 0.6 is 0 Å². The van der Waals surface area contributed by atoms with Gasteiger partial charge in [-0.05, 0) is 31.5 Å². The van der Waals surface area contributed by atoms with Crippen LogP contribution in [0.5, 0.6) is 0 Å².